The van der Waals surface area contributed by atoms with Crippen molar-refractivity contribution < 1.29 is 23.1 Å². The molecule has 0 spiro atoms. The normalized spacial score (nSPS) is 12.1. The summed E-state index contributed by atoms with van der Waals surface area (Å²) < 4.78 is 34.4. The van der Waals surface area contributed by atoms with Gasteiger partial charge in [0.05, 0.1) is 17.7 Å². The number of hydrogen-bond acceptors (Lipinski definition) is 5. The molecule has 0 bridgehead atoms. The number of aryl methyl sites for hydroxylation is 1. The van der Waals surface area contributed by atoms with Crippen LogP contribution in [0, 0.1) is 6.92 Å². The van der Waals surface area contributed by atoms with Crippen molar-refractivity contribution in [1.29, 1.82) is 0 Å². The fraction of sp³-hybridized carbons (Fsp3) is 0.240. The van der Waals surface area contributed by atoms with Crippen molar-refractivity contribution in [1.82, 2.24) is 5.32 Å². The molecule has 0 aliphatic carbocycles. The Bertz CT molecular complexity index is 1230. The molecule has 8 heteroatoms. The highest BCUT2D eigenvalue weighted by Crippen LogP contribution is 2.35. The average Bonchev–Trinajstić information content (AvgIpc) is 2.81. The second-order valence-electron chi connectivity index (χ2n) is 7.55. The van der Waals surface area contributed by atoms with E-state index >= 15 is 0 Å². The van der Waals surface area contributed by atoms with Gasteiger partial charge in [-0.3, -0.25) is 9.10 Å². The number of nitrogens with one attached hydrogen (secondary N) is 1. The number of rotatable bonds is 9. The Kier molecular flexibility index (Phi) is 7.60. The van der Waals surface area contributed by atoms with Gasteiger partial charge < -0.3 is 15.2 Å². The van der Waals surface area contributed by atoms with Crippen LogP contribution in [-0.4, -0.2) is 32.6 Å². The van der Waals surface area contributed by atoms with Crippen LogP contribution >= 0.6 is 0 Å². The van der Waals surface area contributed by atoms with Crippen molar-refractivity contribution in [3.63, 3.8) is 0 Å². The fourth-order valence-electron chi connectivity index (χ4n) is 3.66. The Morgan fingerprint density at radius 3 is 2.42 bits per heavy atom. The van der Waals surface area contributed by atoms with E-state index in [1.54, 1.807) is 80.6 Å². The van der Waals surface area contributed by atoms with E-state index in [1.807, 2.05) is 0 Å². The minimum atomic E-state index is -4.11. The number of phenolic OH excluding ortho intramolecular Hbond substituents is 1. The number of hydrogen-bond donors (Lipinski definition) is 2. The first-order chi connectivity index (χ1) is 15.8. The Labute approximate surface area is 194 Å². The number of sulfonamides is 1. The standard InChI is InChI=1S/C25H28N2O5S/c1-4-21(25(29)26-17-19-11-9-12-20(28)16-19)27(22-13-6-7-14-23(22)32-3)33(30,31)24-15-8-5-10-18(24)2/h5-16,21,28H,4,17H2,1-3H3,(H,26,29). The molecule has 0 radical (unpaired) electrons. The van der Waals surface area contributed by atoms with Crippen LogP contribution in [0.25, 0.3) is 0 Å². The highest BCUT2D eigenvalue weighted by Gasteiger charge is 2.37. The predicted molar refractivity (Wildman–Crippen MR) is 128 cm³/mol. The number of carbonyl (C=O) groups is 1. The maximum absolute atomic E-state index is 13.9. The van der Waals surface area contributed by atoms with E-state index in [0.717, 1.165) is 4.31 Å². The van der Waals surface area contributed by atoms with E-state index < -0.39 is 22.0 Å². The number of anilines is 1. The highest BCUT2D eigenvalue weighted by atomic mass is 32.2. The van der Waals surface area contributed by atoms with Gasteiger partial charge in [0.15, 0.2) is 0 Å². The second kappa shape index (κ2) is 10.4. The summed E-state index contributed by atoms with van der Waals surface area (Å²) in [4.78, 5) is 13.4. The van der Waals surface area contributed by atoms with Gasteiger partial charge in [0, 0.05) is 6.54 Å². The summed E-state index contributed by atoms with van der Waals surface area (Å²) in [5.41, 5.74) is 1.55. The van der Waals surface area contributed by atoms with Crippen molar-refractivity contribution in [2.75, 3.05) is 11.4 Å². The minimum absolute atomic E-state index is 0.0894. The molecule has 0 saturated heterocycles. The number of aromatic hydroxyl groups is 1. The van der Waals surface area contributed by atoms with Gasteiger partial charge in [-0.2, -0.15) is 0 Å². The number of amides is 1. The van der Waals surface area contributed by atoms with Crippen LogP contribution in [0.1, 0.15) is 24.5 Å². The van der Waals surface area contributed by atoms with Crippen LogP contribution in [0.4, 0.5) is 5.69 Å². The minimum Gasteiger partial charge on any atom is -0.508 e. The van der Waals surface area contributed by atoms with Gasteiger partial charge in [-0.1, -0.05) is 49.4 Å². The molecule has 1 unspecified atom stereocenters. The van der Waals surface area contributed by atoms with E-state index in [4.69, 9.17) is 4.74 Å². The Hall–Kier alpha value is -3.52. The molecular weight excluding hydrogens is 440 g/mol. The third-order valence-corrected chi connectivity index (χ3v) is 7.29. The van der Waals surface area contributed by atoms with Crippen molar-refractivity contribution in [3.05, 3.63) is 83.9 Å². The lowest BCUT2D eigenvalue weighted by atomic mass is 10.1. The largest absolute Gasteiger partial charge is 0.508 e. The average molecular weight is 469 g/mol. The van der Waals surface area contributed by atoms with Crippen molar-refractivity contribution in [2.24, 2.45) is 0 Å². The zero-order chi connectivity index (χ0) is 24.0. The monoisotopic (exact) mass is 468 g/mol. The Morgan fingerprint density at radius 2 is 1.76 bits per heavy atom. The van der Waals surface area contributed by atoms with Crippen LogP contribution in [0.5, 0.6) is 11.5 Å². The molecule has 0 fully saturated rings. The van der Waals surface area contributed by atoms with Crippen molar-refractivity contribution in [2.45, 2.75) is 37.8 Å². The summed E-state index contributed by atoms with van der Waals surface area (Å²) >= 11 is 0. The number of benzene rings is 3. The molecule has 2 N–H and O–H groups in total. The SMILES string of the molecule is CCC(C(=O)NCc1cccc(O)c1)N(c1ccccc1OC)S(=O)(=O)c1ccccc1C. The first-order valence-corrected chi connectivity index (χ1v) is 12.0. The van der Waals surface area contributed by atoms with Crippen LogP contribution < -0.4 is 14.4 Å². The van der Waals surface area contributed by atoms with Gasteiger partial charge in [-0.25, -0.2) is 8.42 Å². The fourth-order valence-corrected chi connectivity index (χ4v) is 5.59. The molecule has 1 atom stereocenters. The summed E-state index contributed by atoms with van der Waals surface area (Å²) in [6.45, 7) is 3.62. The molecule has 1 amide bonds. The molecule has 174 valence electrons. The zero-order valence-corrected chi connectivity index (χ0v) is 19.7. The van der Waals surface area contributed by atoms with Gasteiger partial charge in [0.2, 0.25) is 5.91 Å². The first kappa shape index (κ1) is 24.1. The smallest absolute Gasteiger partial charge is 0.265 e. The number of carbonyl (C=O) groups excluding carboxylic acids is 1. The maximum atomic E-state index is 13.9. The number of nitrogens with zero attached hydrogens (tertiary/aromatic N) is 1. The molecule has 3 rings (SSSR count). The van der Waals surface area contributed by atoms with E-state index in [1.165, 1.54) is 13.2 Å². The van der Waals surface area contributed by atoms with E-state index in [9.17, 15) is 18.3 Å². The highest BCUT2D eigenvalue weighted by molar-refractivity contribution is 7.93. The van der Waals surface area contributed by atoms with Crippen LogP contribution in [0.3, 0.4) is 0 Å². The zero-order valence-electron chi connectivity index (χ0n) is 18.9. The molecule has 0 aliphatic heterocycles. The molecule has 0 saturated carbocycles. The van der Waals surface area contributed by atoms with Gasteiger partial charge in [0.25, 0.3) is 10.0 Å². The molecular formula is C25H28N2O5S. The van der Waals surface area contributed by atoms with Gasteiger partial charge in [-0.05, 0) is 54.8 Å². The maximum Gasteiger partial charge on any atom is 0.265 e. The summed E-state index contributed by atoms with van der Waals surface area (Å²) in [6.07, 6.45) is 0.231. The summed E-state index contributed by atoms with van der Waals surface area (Å²) in [6, 6.07) is 18.9. The van der Waals surface area contributed by atoms with E-state index in [2.05, 4.69) is 5.32 Å². The molecule has 3 aromatic rings. The number of phenols is 1. The molecule has 7 nitrogen and oxygen atoms in total. The molecule has 0 aliphatic rings. The Morgan fingerprint density at radius 1 is 1.06 bits per heavy atom. The summed E-state index contributed by atoms with van der Waals surface area (Å²) in [5, 5.41) is 12.5. The first-order valence-electron chi connectivity index (χ1n) is 10.6. The number of para-hydroxylation sites is 2. The lowest BCUT2D eigenvalue weighted by Gasteiger charge is -2.32. The number of methoxy groups -OCH3 is 1. The van der Waals surface area contributed by atoms with Crippen LogP contribution in [-0.2, 0) is 21.4 Å². The Balaban J connectivity index is 2.05. The molecule has 0 heterocycles. The molecule has 3 aromatic carbocycles. The van der Waals surface area contributed by atoms with Crippen LogP contribution in [0.15, 0.2) is 77.7 Å². The quantitative estimate of drug-likeness (QED) is 0.495. The van der Waals surface area contributed by atoms with Crippen molar-refractivity contribution in [3.8, 4) is 11.5 Å². The molecule has 33 heavy (non-hydrogen) atoms. The lowest BCUT2D eigenvalue weighted by molar-refractivity contribution is -0.122. The second-order valence-corrected chi connectivity index (χ2v) is 9.33. The van der Waals surface area contributed by atoms with Crippen molar-refractivity contribution >= 4 is 21.6 Å². The summed E-state index contributed by atoms with van der Waals surface area (Å²) in [5.74, 6) is -0.0237. The topological polar surface area (TPSA) is 95.9 Å². The van der Waals surface area contributed by atoms with Gasteiger partial charge in [-0.15, -0.1) is 0 Å². The summed E-state index contributed by atoms with van der Waals surface area (Å²) in [7, 11) is -2.65. The van der Waals surface area contributed by atoms with Gasteiger partial charge in [0.1, 0.15) is 17.5 Å². The van der Waals surface area contributed by atoms with E-state index in [-0.39, 0.29) is 29.3 Å². The van der Waals surface area contributed by atoms with E-state index in [0.29, 0.717) is 16.9 Å². The lowest BCUT2D eigenvalue weighted by Crippen LogP contribution is -2.49. The molecule has 0 aromatic heterocycles. The third kappa shape index (κ3) is 5.28. The predicted octanol–water partition coefficient (Wildman–Crippen LogP) is 4.00. The van der Waals surface area contributed by atoms with Gasteiger partial charge >= 0.3 is 0 Å². The van der Waals surface area contributed by atoms with Crippen LogP contribution in [0.2, 0.25) is 0 Å². The third-order valence-electron chi connectivity index (χ3n) is 5.30. The number of ether oxygens (including phenoxy) is 1.